The fraction of sp³-hybridized carbons (Fsp3) is 0. The first-order valence-electron chi connectivity index (χ1n) is 0. The Morgan fingerprint density at radius 1 is 1.17 bits per heavy atom. The van der Waals surface area contributed by atoms with E-state index in [4.69, 9.17) is 0 Å². The zero-order valence-corrected chi connectivity index (χ0v) is 9.44. The average Bonchev–Trinajstić information content (AvgIpc) is 0. The fourth-order valence-corrected chi connectivity index (χ4v) is 0. The minimum atomic E-state index is 0. The maximum atomic E-state index is 0. The zero-order valence-electron chi connectivity index (χ0n) is 6.27. The number of hydrogen-bond acceptors (Lipinski definition) is 0. The Labute approximate surface area is 118 Å². The summed E-state index contributed by atoms with van der Waals surface area (Å²) in [5.41, 5.74) is 0. The molecule has 0 saturated heterocycles. The second-order valence-corrected chi connectivity index (χ2v) is 0. The third-order valence-corrected chi connectivity index (χ3v) is 0. The summed E-state index contributed by atoms with van der Waals surface area (Å²) in [6.45, 7) is 0. The van der Waals surface area contributed by atoms with E-state index in [1.54, 1.807) is 0 Å². The molecule has 0 aromatic carbocycles. The molecule has 0 nitrogen and oxygen atoms in total. The van der Waals surface area contributed by atoms with E-state index in [2.05, 4.69) is 0 Å². The van der Waals surface area contributed by atoms with Crippen LogP contribution in [-0.4, -0.2) is 40.4 Å². The molecule has 38 valence electrons. The molecule has 6 heavy (non-hydrogen) atoms. The van der Waals surface area contributed by atoms with Crippen LogP contribution in [0.1, 0.15) is 4.28 Å². The molecule has 0 fully saturated rings. The van der Waals surface area contributed by atoms with Crippen LogP contribution in [0.2, 0.25) is 0 Å². The van der Waals surface area contributed by atoms with Crippen LogP contribution in [0.5, 0.6) is 0 Å². The Balaban J connectivity index is 0. The van der Waals surface area contributed by atoms with Crippen LogP contribution in [0.25, 0.3) is 0 Å². The molecule has 0 aromatic rings. The molecule has 0 saturated carbocycles. The van der Waals surface area contributed by atoms with Crippen molar-refractivity contribution in [2.24, 2.45) is 0 Å². The fourth-order valence-electron chi connectivity index (χ4n) is 0. The molecule has 6 radical (unpaired) electrons. The van der Waals surface area contributed by atoms with E-state index in [-0.39, 0.29) is 120 Å². The summed E-state index contributed by atoms with van der Waals surface area (Å²) in [5, 5.41) is 0. The molecule has 0 bridgehead atoms. The molecule has 0 spiro atoms. The first kappa shape index (κ1) is 53.9. The van der Waals surface area contributed by atoms with Crippen molar-refractivity contribution in [1.29, 1.82) is 0 Å². The predicted octanol–water partition coefficient (Wildman–Crippen LogP) is -3.43. The summed E-state index contributed by atoms with van der Waals surface area (Å²) >= 11 is 0. The molecular formula is H3AgAlCuLiMgMn. The number of rotatable bonds is 0. The van der Waals surface area contributed by atoms with Crippen LogP contribution >= 0.6 is 0 Å². The Bertz CT molecular complexity index is 23.8. The smallest absolute Gasteiger partial charge is 1.00 e. The van der Waals surface area contributed by atoms with Gasteiger partial charge < -0.3 is 4.28 Å². The number of hydrogen-bond donors (Lipinski definition) is 0. The minimum absolute atomic E-state index is 0. The third-order valence-electron chi connectivity index (χ3n) is 0. The van der Waals surface area contributed by atoms with Crippen LogP contribution in [0, 0.1) is 0 Å². The van der Waals surface area contributed by atoms with Crippen molar-refractivity contribution in [3.8, 4) is 0 Å². The van der Waals surface area contributed by atoms with Crippen molar-refractivity contribution >= 4 is 40.4 Å². The molecule has 0 aromatic heterocycles. The van der Waals surface area contributed by atoms with Crippen LogP contribution in [0.15, 0.2) is 0 Å². The van der Waals surface area contributed by atoms with Crippen molar-refractivity contribution < 1.29 is 79.7 Å². The van der Waals surface area contributed by atoms with Gasteiger partial charge in [0.2, 0.25) is 0 Å². The summed E-state index contributed by atoms with van der Waals surface area (Å²) in [6, 6.07) is 0. The van der Waals surface area contributed by atoms with Crippen LogP contribution in [0.4, 0.5) is 0 Å². The normalized spacial score (nSPS) is 0. The van der Waals surface area contributed by atoms with Gasteiger partial charge in [0.25, 0.3) is 0 Å². The quantitative estimate of drug-likeness (QED) is 0.407. The van der Waals surface area contributed by atoms with E-state index in [9.17, 15) is 0 Å². The maximum absolute atomic E-state index is 0. The van der Waals surface area contributed by atoms with Crippen molar-refractivity contribution in [1.82, 2.24) is 0 Å². The molecule has 0 aliphatic rings. The van der Waals surface area contributed by atoms with Crippen molar-refractivity contribution in [2.75, 3.05) is 0 Å². The molecule has 0 aliphatic carbocycles. The molecule has 6 heteroatoms. The van der Waals surface area contributed by atoms with E-state index in [1.165, 1.54) is 0 Å². The monoisotopic (exact) mass is 286 g/mol. The first-order chi connectivity index (χ1) is 0. The first-order valence-corrected chi connectivity index (χ1v) is 0. The summed E-state index contributed by atoms with van der Waals surface area (Å²) in [6.07, 6.45) is 0. The Kier molecular flexibility index (Phi) is 340. The van der Waals surface area contributed by atoms with Gasteiger partial charge in [-0.1, -0.05) is 0 Å². The summed E-state index contributed by atoms with van der Waals surface area (Å²) < 4.78 is 0. The standard InChI is InChI=1S/Ag.Al.Cu.Li.Mg.Mn.3H/q;;;+1;+2;;3*-1. The summed E-state index contributed by atoms with van der Waals surface area (Å²) in [4.78, 5) is 0. The van der Waals surface area contributed by atoms with Crippen LogP contribution in [0.3, 0.4) is 0 Å². The van der Waals surface area contributed by atoms with E-state index >= 15 is 0 Å². The minimum Gasteiger partial charge on any atom is -1.00 e. The van der Waals surface area contributed by atoms with Gasteiger partial charge in [-0.3, -0.25) is 0 Å². The van der Waals surface area contributed by atoms with Crippen LogP contribution in [-0.2, 0) is 56.5 Å². The summed E-state index contributed by atoms with van der Waals surface area (Å²) in [5.74, 6) is 0. The molecule has 0 atom stereocenters. The van der Waals surface area contributed by atoms with E-state index in [0.717, 1.165) is 0 Å². The second kappa shape index (κ2) is 37.8. The van der Waals surface area contributed by atoms with Crippen molar-refractivity contribution in [3.63, 3.8) is 0 Å². The van der Waals surface area contributed by atoms with Crippen molar-refractivity contribution in [2.45, 2.75) is 0 Å². The van der Waals surface area contributed by atoms with E-state index < -0.39 is 0 Å². The average molecular weight is 288 g/mol. The molecule has 0 N–H and O–H groups in total. The van der Waals surface area contributed by atoms with Gasteiger partial charge in [-0.15, -0.1) is 0 Å². The van der Waals surface area contributed by atoms with Gasteiger partial charge in [-0.2, -0.15) is 0 Å². The van der Waals surface area contributed by atoms with Gasteiger partial charge in [-0.05, 0) is 0 Å². The van der Waals surface area contributed by atoms with Gasteiger partial charge in [0.1, 0.15) is 0 Å². The Hall–Kier alpha value is 3.68. The van der Waals surface area contributed by atoms with E-state index in [0.29, 0.717) is 0 Å². The molecule has 0 rings (SSSR count). The van der Waals surface area contributed by atoms with Gasteiger partial charge in [0, 0.05) is 73.9 Å². The van der Waals surface area contributed by atoms with Gasteiger partial charge in [0.15, 0.2) is 0 Å². The Morgan fingerprint density at radius 2 is 1.17 bits per heavy atom. The van der Waals surface area contributed by atoms with Crippen LogP contribution < -0.4 is 18.9 Å². The topological polar surface area (TPSA) is 0 Å². The SMILES string of the molecule is [Ag].[Al].[Cu].[H-].[H-].[H-].[Li+].[Mg+2].[Mn]. The third kappa shape index (κ3) is 25.3. The van der Waals surface area contributed by atoms with Gasteiger partial charge >= 0.3 is 41.9 Å². The summed E-state index contributed by atoms with van der Waals surface area (Å²) in [7, 11) is 0. The Morgan fingerprint density at radius 3 is 1.17 bits per heavy atom. The van der Waals surface area contributed by atoms with Crippen molar-refractivity contribution in [3.05, 3.63) is 0 Å². The molecular weight excluding hydrogens is 285 g/mol. The maximum Gasteiger partial charge on any atom is 2.00 e. The zero-order chi connectivity index (χ0) is 0. The largest absolute Gasteiger partial charge is 2.00 e. The molecule has 0 unspecified atom stereocenters. The predicted molar refractivity (Wildman–Crippen MR) is 14.8 cm³/mol. The van der Waals surface area contributed by atoms with E-state index in [1.807, 2.05) is 0 Å². The molecule has 0 aliphatic heterocycles. The molecule has 0 amide bonds. The van der Waals surface area contributed by atoms with Gasteiger partial charge in [-0.25, -0.2) is 0 Å². The van der Waals surface area contributed by atoms with Gasteiger partial charge in [0.05, 0.1) is 0 Å². The molecule has 0 heterocycles. The second-order valence-electron chi connectivity index (χ2n) is 0.